The summed E-state index contributed by atoms with van der Waals surface area (Å²) in [5.41, 5.74) is 17.0. The third-order valence-electron chi connectivity index (χ3n) is 13.1. The first-order valence-corrected chi connectivity index (χ1v) is 26.5. The fraction of sp³-hybridized carbons (Fsp3) is 0.182. The minimum Gasteiger partial charge on any atom is -0.423 e. The topological polar surface area (TPSA) is 66.2 Å². The molecule has 72 heavy (non-hydrogen) atoms. The van der Waals surface area contributed by atoms with Crippen molar-refractivity contribution in [2.75, 3.05) is 0 Å². The van der Waals surface area contributed by atoms with Crippen LogP contribution in [0.15, 0.2) is 223 Å². The molecule has 10 aromatic rings. The van der Waals surface area contributed by atoms with Crippen molar-refractivity contribution in [3.63, 3.8) is 0 Å². The molecule has 0 fully saturated rings. The SMILES string of the molecule is Brc1cccc(-c2ccc3cc(-c4ccccc4)ccc3n2)c1.CCCCCCc1ccc(-c2cccc(-c3ccc4cc(-c5ccccc5)ccc4n3)c2)cc1.CCCCCCc1ccc(B(O)O)cc1. The summed E-state index contributed by atoms with van der Waals surface area (Å²) >= 11 is 3.52. The van der Waals surface area contributed by atoms with Crippen molar-refractivity contribution in [3.8, 4) is 55.9 Å². The van der Waals surface area contributed by atoms with E-state index >= 15 is 0 Å². The highest BCUT2D eigenvalue weighted by Gasteiger charge is 2.10. The number of benzene rings is 8. The van der Waals surface area contributed by atoms with Crippen LogP contribution in [0.4, 0.5) is 0 Å². The first kappa shape index (κ1) is 51.4. The Bertz CT molecular complexity index is 3250. The van der Waals surface area contributed by atoms with Crippen molar-refractivity contribution in [2.45, 2.75) is 78.1 Å². The first-order chi connectivity index (χ1) is 35.3. The van der Waals surface area contributed by atoms with Crippen LogP contribution < -0.4 is 5.46 Å². The molecule has 0 aliphatic carbocycles. The lowest BCUT2D eigenvalue weighted by Crippen LogP contribution is -2.29. The number of nitrogens with zero attached hydrogens (tertiary/aromatic N) is 2. The maximum Gasteiger partial charge on any atom is 0.488 e. The van der Waals surface area contributed by atoms with Crippen LogP contribution in [0.5, 0.6) is 0 Å². The fourth-order valence-corrected chi connectivity index (χ4v) is 9.33. The Labute approximate surface area is 435 Å². The molecule has 0 radical (unpaired) electrons. The Morgan fingerprint density at radius 2 is 0.778 bits per heavy atom. The maximum atomic E-state index is 8.92. The summed E-state index contributed by atoms with van der Waals surface area (Å²) < 4.78 is 1.07. The number of aromatic nitrogens is 2. The number of hydrogen-bond donors (Lipinski definition) is 2. The monoisotopic (exact) mass is 1010 g/mol. The van der Waals surface area contributed by atoms with Gasteiger partial charge in [-0.05, 0) is 130 Å². The standard InChI is InChI=1S/C33H31N.C21H14BrN.C12H19BO2/c1-2-3-4-6-10-25-15-17-27(18-16-25)28-13-9-14-30(23-28)32-22-20-31-24-29(19-21-33(31)34-32)26-11-7-5-8-12-26;22-19-8-4-7-17(14-19)20-12-10-18-13-16(9-11-21(18)23-20)15-5-2-1-3-6-15;1-2-3-4-5-6-11-7-9-12(10-8-11)13(14)15/h5,7-9,11-24H,2-4,6,10H2,1H3;1-14H;7-10,14-15H,2-6H2,1H3. The van der Waals surface area contributed by atoms with E-state index in [1.54, 1.807) is 12.1 Å². The van der Waals surface area contributed by atoms with Crippen LogP contribution in [0.1, 0.15) is 76.3 Å². The average molecular weight is 1010 g/mol. The number of pyridine rings is 2. The Morgan fingerprint density at radius 3 is 1.26 bits per heavy atom. The number of hydrogen-bond acceptors (Lipinski definition) is 4. The van der Waals surface area contributed by atoms with Gasteiger partial charge >= 0.3 is 7.12 Å². The van der Waals surface area contributed by atoms with Crippen molar-refractivity contribution in [3.05, 3.63) is 234 Å². The van der Waals surface area contributed by atoms with Gasteiger partial charge in [-0.25, -0.2) is 9.97 Å². The predicted molar refractivity (Wildman–Crippen MR) is 310 cm³/mol. The number of halogens is 1. The number of rotatable bonds is 16. The highest BCUT2D eigenvalue weighted by molar-refractivity contribution is 9.10. The number of fused-ring (bicyclic) bond motifs is 2. The summed E-state index contributed by atoms with van der Waals surface area (Å²) in [5.74, 6) is 0. The van der Waals surface area contributed by atoms with E-state index in [4.69, 9.17) is 20.0 Å². The third kappa shape index (κ3) is 14.6. The molecular formula is C66H64BBrN2O2. The van der Waals surface area contributed by atoms with E-state index in [9.17, 15) is 0 Å². The van der Waals surface area contributed by atoms with Crippen LogP contribution in [-0.2, 0) is 12.8 Å². The van der Waals surface area contributed by atoms with Gasteiger partial charge in [-0.2, -0.15) is 0 Å². The Hall–Kier alpha value is -6.96. The van der Waals surface area contributed by atoms with Gasteiger partial charge in [0.15, 0.2) is 0 Å². The molecule has 0 amide bonds. The molecule has 2 aromatic heterocycles. The van der Waals surface area contributed by atoms with Crippen molar-refractivity contribution >= 4 is 50.3 Å². The zero-order valence-electron chi connectivity index (χ0n) is 41.6. The summed E-state index contributed by atoms with van der Waals surface area (Å²) in [7, 11) is -1.35. The highest BCUT2D eigenvalue weighted by atomic mass is 79.9. The largest absolute Gasteiger partial charge is 0.488 e. The molecule has 0 aliphatic heterocycles. The lowest BCUT2D eigenvalue weighted by atomic mass is 9.80. The summed E-state index contributed by atoms with van der Waals surface area (Å²) in [6, 6.07) is 75.9. The number of aryl methyl sites for hydroxylation is 2. The molecule has 0 saturated heterocycles. The molecule has 0 unspecified atom stereocenters. The first-order valence-electron chi connectivity index (χ1n) is 25.7. The van der Waals surface area contributed by atoms with E-state index in [0.29, 0.717) is 5.46 Å². The molecular weight excluding hydrogens is 943 g/mol. The van der Waals surface area contributed by atoms with E-state index < -0.39 is 7.12 Å². The van der Waals surface area contributed by atoms with Gasteiger partial charge in [-0.15, -0.1) is 0 Å². The maximum absolute atomic E-state index is 8.92. The molecule has 0 aliphatic rings. The molecule has 0 spiro atoms. The van der Waals surface area contributed by atoms with E-state index in [0.717, 1.165) is 55.2 Å². The summed E-state index contributed by atoms with van der Waals surface area (Å²) in [5, 5.41) is 20.2. The summed E-state index contributed by atoms with van der Waals surface area (Å²) in [4.78, 5) is 9.78. The van der Waals surface area contributed by atoms with E-state index in [-0.39, 0.29) is 0 Å². The van der Waals surface area contributed by atoms with Crippen LogP contribution >= 0.6 is 15.9 Å². The van der Waals surface area contributed by atoms with Gasteiger partial charge in [-0.1, -0.05) is 232 Å². The van der Waals surface area contributed by atoms with Gasteiger partial charge in [0.25, 0.3) is 0 Å². The van der Waals surface area contributed by atoms with Crippen molar-refractivity contribution in [1.82, 2.24) is 9.97 Å². The van der Waals surface area contributed by atoms with Gasteiger partial charge in [0.1, 0.15) is 0 Å². The summed E-state index contributed by atoms with van der Waals surface area (Å²) in [6.07, 6.45) is 12.5. The van der Waals surface area contributed by atoms with Crippen molar-refractivity contribution in [2.24, 2.45) is 0 Å². The fourth-order valence-electron chi connectivity index (χ4n) is 8.93. The lowest BCUT2D eigenvalue weighted by molar-refractivity contribution is 0.426. The minimum absolute atomic E-state index is 0.562. The smallest absolute Gasteiger partial charge is 0.423 e. The van der Waals surface area contributed by atoms with Crippen LogP contribution in [0.2, 0.25) is 0 Å². The van der Waals surface area contributed by atoms with Crippen LogP contribution in [-0.4, -0.2) is 27.1 Å². The zero-order chi connectivity index (χ0) is 49.9. The lowest BCUT2D eigenvalue weighted by Gasteiger charge is -2.09. The third-order valence-corrected chi connectivity index (χ3v) is 13.6. The molecule has 0 saturated carbocycles. The van der Waals surface area contributed by atoms with E-state index in [1.165, 1.54) is 102 Å². The molecule has 4 nitrogen and oxygen atoms in total. The minimum atomic E-state index is -1.35. The second-order valence-corrected chi connectivity index (χ2v) is 19.4. The average Bonchev–Trinajstić information content (AvgIpc) is 3.44. The Morgan fingerprint density at radius 1 is 0.361 bits per heavy atom. The highest BCUT2D eigenvalue weighted by Crippen LogP contribution is 2.31. The van der Waals surface area contributed by atoms with E-state index in [1.807, 2.05) is 30.3 Å². The second kappa shape index (κ2) is 26.5. The molecule has 8 aromatic carbocycles. The predicted octanol–water partition coefficient (Wildman–Crippen LogP) is 17.2. The Balaban J connectivity index is 0.000000157. The molecule has 10 rings (SSSR count). The molecule has 2 N–H and O–H groups in total. The molecule has 6 heteroatoms. The molecule has 360 valence electrons. The zero-order valence-corrected chi connectivity index (χ0v) is 43.2. The van der Waals surface area contributed by atoms with Gasteiger partial charge in [0.05, 0.1) is 22.4 Å². The Kier molecular flexibility index (Phi) is 18.9. The van der Waals surface area contributed by atoms with Gasteiger partial charge < -0.3 is 10.0 Å². The van der Waals surface area contributed by atoms with Crippen molar-refractivity contribution in [1.29, 1.82) is 0 Å². The second-order valence-electron chi connectivity index (χ2n) is 18.5. The normalized spacial score (nSPS) is 10.8. The quantitative estimate of drug-likeness (QED) is 0.0748. The molecule has 0 atom stereocenters. The van der Waals surface area contributed by atoms with Gasteiger partial charge in [0.2, 0.25) is 0 Å². The van der Waals surface area contributed by atoms with Gasteiger partial charge in [-0.3, -0.25) is 0 Å². The van der Waals surface area contributed by atoms with Crippen LogP contribution in [0, 0.1) is 0 Å². The molecule has 0 bridgehead atoms. The van der Waals surface area contributed by atoms with E-state index in [2.05, 4.69) is 206 Å². The van der Waals surface area contributed by atoms with Crippen LogP contribution in [0.25, 0.3) is 77.7 Å². The van der Waals surface area contributed by atoms with Crippen LogP contribution in [0.3, 0.4) is 0 Å². The van der Waals surface area contributed by atoms with Crippen molar-refractivity contribution < 1.29 is 10.0 Å². The summed E-state index contributed by atoms with van der Waals surface area (Å²) in [6.45, 7) is 4.47. The van der Waals surface area contributed by atoms with Gasteiger partial charge in [0, 0.05) is 26.4 Å². The molecule has 2 heterocycles. The number of unbranched alkanes of at least 4 members (excludes halogenated alkanes) is 6.